The quantitative estimate of drug-likeness (QED) is 0.325. The maximum atomic E-state index is 5.02. The molecule has 0 aliphatic rings. The van der Waals surface area contributed by atoms with Gasteiger partial charge in [-0.1, -0.05) is 36.5 Å². The van der Waals surface area contributed by atoms with E-state index in [2.05, 4.69) is 12.1 Å². The first-order valence-corrected chi connectivity index (χ1v) is 8.64. The molecule has 6 heteroatoms. The zero-order valence-electron chi connectivity index (χ0n) is 8.47. The van der Waals surface area contributed by atoms with Gasteiger partial charge in [0.2, 0.25) is 0 Å². The average molecular weight is 311 g/mol. The van der Waals surface area contributed by atoms with Crippen LogP contribution in [0.15, 0.2) is 30.3 Å². The summed E-state index contributed by atoms with van der Waals surface area (Å²) in [5.41, 5.74) is 1.28. The zero-order chi connectivity index (χ0) is 9.03. The van der Waals surface area contributed by atoms with Crippen LogP contribution in [0.4, 0.5) is 0 Å². The van der Waals surface area contributed by atoms with Gasteiger partial charge in [0.15, 0.2) is 0 Å². The van der Waals surface area contributed by atoms with Crippen LogP contribution in [0.2, 0.25) is 0 Å². The molecule has 14 heavy (non-hydrogen) atoms. The van der Waals surface area contributed by atoms with E-state index in [1.54, 1.807) is 0 Å². The minimum atomic E-state index is -1.83. The Balaban J connectivity index is 0. The molecule has 0 aliphatic heterocycles. The maximum Gasteiger partial charge on any atom is 1.00 e. The second-order valence-corrected chi connectivity index (χ2v) is 11.9. The standard InChI is InChI=1S/C8H11PS3.2K/c10-9(11,12)7-6-8-4-2-1-3-5-8;;/h1-5H,6-7H2,(H2,10,11,12);;/q;2*+1/p-2. The van der Waals surface area contributed by atoms with Crippen LogP contribution in [0.1, 0.15) is 5.56 Å². The molecule has 0 aromatic heterocycles. The van der Waals surface area contributed by atoms with Gasteiger partial charge in [0, 0.05) is 0 Å². The van der Waals surface area contributed by atoms with Crippen molar-refractivity contribution in [1.29, 1.82) is 0 Å². The normalized spacial score (nSPS) is 9.86. The van der Waals surface area contributed by atoms with Crippen molar-refractivity contribution in [2.24, 2.45) is 0 Å². The van der Waals surface area contributed by atoms with Crippen LogP contribution in [0.25, 0.3) is 0 Å². The second-order valence-electron chi connectivity index (χ2n) is 2.57. The fourth-order valence-corrected chi connectivity index (χ4v) is 2.26. The minimum Gasteiger partial charge on any atom is -0.770 e. The molecular weight excluding hydrogens is 301 g/mol. The van der Waals surface area contributed by atoms with Gasteiger partial charge in [0.05, 0.1) is 0 Å². The molecule has 0 bridgehead atoms. The summed E-state index contributed by atoms with van der Waals surface area (Å²) in [6, 6.07) is 10.2. The SMILES string of the molecule is S=P([S-])([S-])CCc1ccccc1.[K+].[K+]. The Labute approximate surface area is 187 Å². The monoisotopic (exact) mass is 310 g/mol. The first-order chi connectivity index (χ1) is 5.58. The molecule has 0 nitrogen and oxygen atoms in total. The molecule has 0 heterocycles. The average Bonchev–Trinajstić information content (AvgIpc) is 2.02. The molecule has 0 fully saturated rings. The first-order valence-electron chi connectivity index (χ1n) is 3.63. The predicted octanol–water partition coefficient (Wildman–Crippen LogP) is -3.36. The van der Waals surface area contributed by atoms with Crippen molar-refractivity contribution in [3.05, 3.63) is 35.9 Å². The molecule has 0 N–H and O–H groups in total. The molecule has 1 rings (SSSR count). The van der Waals surface area contributed by atoms with Gasteiger partial charge in [-0.25, -0.2) is 0 Å². The van der Waals surface area contributed by atoms with Crippen molar-refractivity contribution in [3.8, 4) is 0 Å². The van der Waals surface area contributed by atoms with Crippen LogP contribution in [0.3, 0.4) is 0 Å². The molecule has 0 aliphatic carbocycles. The summed E-state index contributed by atoms with van der Waals surface area (Å²) in [5.74, 6) is 0. The molecule has 1 aromatic rings. The molecule has 66 valence electrons. The molecule has 1 aromatic carbocycles. The molecular formula is C8H9K2PS3. The number of rotatable bonds is 3. The molecule has 0 amide bonds. The van der Waals surface area contributed by atoms with Crippen LogP contribution in [0, 0.1) is 0 Å². The summed E-state index contributed by atoms with van der Waals surface area (Å²) in [7, 11) is 0. The van der Waals surface area contributed by atoms with Gasteiger partial charge in [-0.15, -0.1) is 0 Å². The van der Waals surface area contributed by atoms with Crippen LogP contribution < -0.4 is 103 Å². The van der Waals surface area contributed by atoms with Crippen LogP contribution in [-0.2, 0) is 42.7 Å². The van der Waals surface area contributed by atoms with E-state index in [0.29, 0.717) is 0 Å². The van der Waals surface area contributed by atoms with Crippen LogP contribution >= 0.6 is 4.44 Å². The summed E-state index contributed by atoms with van der Waals surface area (Å²) in [5, 5.41) is 0. The Morgan fingerprint density at radius 3 is 2.00 bits per heavy atom. The van der Waals surface area contributed by atoms with Crippen molar-refractivity contribution in [2.75, 3.05) is 6.16 Å². The summed E-state index contributed by atoms with van der Waals surface area (Å²) in [6.45, 7) is 0. The van der Waals surface area contributed by atoms with E-state index in [-0.39, 0.29) is 103 Å². The van der Waals surface area contributed by atoms with Crippen molar-refractivity contribution in [1.82, 2.24) is 0 Å². The van der Waals surface area contributed by atoms with Gasteiger partial charge in [0.1, 0.15) is 0 Å². The van der Waals surface area contributed by atoms with E-state index in [0.717, 1.165) is 12.6 Å². The van der Waals surface area contributed by atoms with Gasteiger partial charge in [-0.2, -0.15) is 11.8 Å². The van der Waals surface area contributed by atoms with E-state index in [1.165, 1.54) is 5.56 Å². The fraction of sp³-hybridized carbons (Fsp3) is 0.250. The van der Waals surface area contributed by atoms with Gasteiger partial charge >= 0.3 is 103 Å². The second kappa shape index (κ2) is 10.7. The van der Waals surface area contributed by atoms with Crippen molar-refractivity contribution >= 4 is 40.7 Å². The van der Waals surface area contributed by atoms with E-state index in [1.807, 2.05) is 18.2 Å². The largest absolute Gasteiger partial charge is 1.00 e. The third kappa shape index (κ3) is 11.0. The molecule has 0 unspecified atom stereocenters. The molecule has 0 radical (unpaired) electrons. The van der Waals surface area contributed by atoms with E-state index in [4.69, 9.17) is 36.3 Å². The summed E-state index contributed by atoms with van der Waals surface area (Å²) in [6.07, 6.45) is 1.75. The number of hydrogen-bond donors (Lipinski definition) is 0. The third-order valence-corrected chi connectivity index (χ3v) is 3.93. The number of hydrogen-bond acceptors (Lipinski definition) is 3. The van der Waals surface area contributed by atoms with E-state index < -0.39 is 4.44 Å². The van der Waals surface area contributed by atoms with Gasteiger partial charge in [0.25, 0.3) is 0 Å². The Morgan fingerprint density at radius 1 is 1.07 bits per heavy atom. The van der Waals surface area contributed by atoms with Gasteiger partial charge in [-0.05, 0) is 12.0 Å². The van der Waals surface area contributed by atoms with E-state index in [9.17, 15) is 0 Å². The summed E-state index contributed by atoms with van der Waals surface area (Å²) >= 11 is 15.1. The fourth-order valence-electron chi connectivity index (χ4n) is 0.911. The Hall–Kier alpha value is 3.84. The Morgan fingerprint density at radius 2 is 1.57 bits per heavy atom. The van der Waals surface area contributed by atoms with Gasteiger partial charge in [-0.3, -0.25) is 0 Å². The minimum absolute atomic E-state index is 0. The predicted molar refractivity (Wildman–Crippen MR) is 64.0 cm³/mol. The first kappa shape index (κ1) is 20.2. The van der Waals surface area contributed by atoms with Gasteiger partial charge < -0.3 is 28.9 Å². The number of aryl methyl sites for hydroxylation is 1. The summed E-state index contributed by atoms with van der Waals surface area (Å²) in [4.78, 5) is 0. The molecule has 0 saturated carbocycles. The molecule has 0 spiro atoms. The molecule has 0 saturated heterocycles. The summed E-state index contributed by atoms with van der Waals surface area (Å²) < 4.78 is -1.83. The zero-order valence-corrected chi connectivity index (χ0v) is 18.1. The van der Waals surface area contributed by atoms with Crippen LogP contribution in [0.5, 0.6) is 0 Å². The maximum absolute atomic E-state index is 5.02. The smallest absolute Gasteiger partial charge is 0.770 e. The third-order valence-electron chi connectivity index (χ3n) is 1.52. The Kier molecular flexibility index (Phi) is 15.5. The van der Waals surface area contributed by atoms with Crippen molar-refractivity contribution in [2.45, 2.75) is 6.42 Å². The number of benzene rings is 1. The van der Waals surface area contributed by atoms with Crippen molar-refractivity contribution in [3.63, 3.8) is 0 Å². The Bertz CT molecular complexity index is 286. The topological polar surface area (TPSA) is 0 Å². The van der Waals surface area contributed by atoms with E-state index >= 15 is 0 Å². The molecule has 0 atom stereocenters. The van der Waals surface area contributed by atoms with Crippen LogP contribution in [-0.4, -0.2) is 6.16 Å². The van der Waals surface area contributed by atoms with Crippen molar-refractivity contribution < 1.29 is 103 Å².